The van der Waals surface area contributed by atoms with E-state index in [4.69, 9.17) is 21.1 Å². The van der Waals surface area contributed by atoms with Crippen molar-refractivity contribution in [3.63, 3.8) is 0 Å². The van der Waals surface area contributed by atoms with Gasteiger partial charge in [-0.15, -0.1) is 0 Å². The second-order valence-corrected chi connectivity index (χ2v) is 8.05. The van der Waals surface area contributed by atoms with Gasteiger partial charge < -0.3 is 14.8 Å². The lowest BCUT2D eigenvalue weighted by molar-refractivity contribution is -0.119. The Morgan fingerprint density at radius 3 is 2.54 bits per heavy atom. The fraction of sp³-hybridized carbons (Fsp3) is 0.235. The van der Waals surface area contributed by atoms with E-state index in [1.807, 2.05) is 0 Å². The summed E-state index contributed by atoms with van der Waals surface area (Å²) in [6, 6.07) is 11.7. The molecular weight excluding hydrogens is 380 g/mol. The van der Waals surface area contributed by atoms with Crippen LogP contribution >= 0.6 is 11.6 Å². The van der Waals surface area contributed by atoms with Crippen LogP contribution in [-0.4, -0.2) is 33.9 Å². The van der Waals surface area contributed by atoms with Gasteiger partial charge in [-0.1, -0.05) is 23.7 Å². The third-order valence-electron chi connectivity index (χ3n) is 3.73. The largest absolute Gasteiger partial charge is 0.454 e. The zero-order valence-corrected chi connectivity index (χ0v) is 15.5. The molecule has 1 aliphatic rings. The smallest absolute Gasteiger partial charge is 0.241 e. The first-order chi connectivity index (χ1) is 12.3. The summed E-state index contributed by atoms with van der Waals surface area (Å²) >= 11 is 5.82. The van der Waals surface area contributed by atoms with E-state index in [0.29, 0.717) is 22.2 Å². The maximum Gasteiger partial charge on any atom is 0.241 e. The highest BCUT2D eigenvalue weighted by atomic mass is 35.5. The molecule has 7 nitrogen and oxygen atoms in total. The summed E-state index contributed by atoms with van der Waals surface area (Å²) in [7, 11) is -3.66. The number of benzene rings is 2. The maximum atomic E-state index is 12.2. The Kier molecular flexibility index (Phi) is 5.24. The summed E-state index contributed by atoms with van der Waals surface area (Å²) in [6.45, 7) is 0.0139. The van der Waals surface area contributed by atoms with Gasteiger partial charge in [0.2, 0.25) is 22.7 Å². The third kappa shape index (κ3) is 4.39. The Hall–Kier alpha value is -2.45. The van der Waals surface area contributed by atoms with E-state index in [-0.39, 0.29) is 19.9 Å². The van der Waals surface area contributed by atoms with Crippen molar-refractivity contribution in [2.24, 2.45) is 0 Å². The molecule has 1 aliphatic heterocycles. The summed E-state index contributed by atoms with van der Waals surface area (Å²) in [4.78, 5) is 12.2. The average molecular weight is 397 g/mol. The predicted octanol–water partition coefficient (Wildman–Crippen LogP) is 2.15. The highest BCUT2D eigenvalue weighted by molar-refractivity contribution is 7.92. The van der Waals surface area contributed by atoms with Gasteiger partial charge >= 0.3 is 0 Å². The van der Waals surface area contributed by atoms with E-state index in [1.54, 1.807) is 36.4 Å². The van der Waals surface area contributed by atoms with Crippen LogP contribution in [0, 0.1) is 0 Å². The number of nitrogens with one attached hydrogen (secondary N) is 1. The van der Waals surface area contributed by atoms with E-state index in [1.165, 1.54) is 6.07 Å². The number of amides is 1. The molecule has 0 bridgehead atoms. The van der Waals surface area contributed by atoms with Crippen LogP contribution in [-0.2, 0) is 21.4 Å². The molecule has 0 aliphatic carbocycles. The van der Waals surface area contributed by atoms with Crippen molar-refractivity contribution in [3.8, 4) is 11.5 Å². The van der Waals surface area contributed by atoms with E-state index in [9.17, 15) is 13.2 Å². The van der Waals surface area contributed by atoms with E-state index >= 15 is 0 Å². The normalized spacial score (nSPS) is 12.7. The fourth-order valence-corrected chi connectivity index (χ4v) is 3.40. The minimum Gasteiger partial charge on any atom is -0.454 e. The standard InChI is InChI=1S/C17H17ClN2O5S/c1-26(22,23)20(14-6-7-15-16(8-14)25-11-24-15)10-17(21)19-9-12-2-4-13(18)5-3-12/h2-8H,9-11H2,1H3,(H,19,21). The number of hydrogen-bond donors (Lipinski definition) is 1. The molecular formula is C17H17ClN2O5S. The quantitative estimate of drug-likeness (QED) is 0.808. The van der Waals surface area contributed by atoms with Crippen molar-refractivity contribution in [3.05, 3.63) is 53.1 Å². The molecule has 3 rings (SSSR count). The van der Waals surface area contributed by atoms with Crippen LogP contribution in [0.25, 0.3) is 0 Å². The summed E-state index contributed by atoms with van der Waals surface area (Å²) in [6.07, 6.45) is 1.05. The summed E-state index contributed by atoms with van der Waals surface area (Å²) in [5.41, 5.74) is 1.19. The van der Waals surface area contributed by atoms with Crippen LogP contribution in [0.15, 0.2) is 42.5 Å². The zero-order valence-electron chi connectivity index (χ0n) is 13.9. The van der Waals surface area contributed by atoms with Crippen LogP contribution in [0.4, 0.5) is 5.69 Å². The number of sulfonamides is 1. The molecule has 2 aromatic rings. The molecule has 0 atom stereocenters. The molecule has 2 aromatic carbocycles. The van der Waals surface area contributed by atoms with Gasteiger partial charge in [-0.3, -0.25) is 9.10 Å². The molecule has 0 fully saturated rings. The van der Waals surface area contributed by atoms with Crippen molar-refractivity contribution in [2.75, 3.05) is 23.9 Å². The fourth-order valence-electron chi connectivity index (χ4n) is 2.43. The SMILES string of the molecule is CS(=O)(=O)N(CC(=O)NCc1ccc(Cl)cc1)c1ccc2c(c1)OCO2. The number of ether oxygens (including phenoxy) is 2. The van der Waals surface area contributed by atoms with Gasteiger partial charge in [-0.25, -0.2) is 8.42 Å². The number of fused-ring (bicyclic) bond motifs is 1. The maximum absolute atomic E-state index is 12.2. The highest BCUT2D eigenvalue weighted by Gasteiger charge is 2.23. The van der Waals surface area contributed by atoms with Gasteiger partial charge in [0, 0.05) is 17.6 Å². The number of carbonyl (C=O) groups is 1. The zero-order chi connectivity index (χ0) is 18.7. The van der Waals surface area contributed by atoms with Crippen LogP contribution < -0.4 is 19.1 Å². The number of carbonyl (C=O) groups excluding carboxylic acids is 1. The molecule has 1 amide bonds. The van der Waals surface area contributed by atoms with E-state index < -0.39 is 15.9 Å². The Morgan fingerprint density at radius 2 is 1.85 bits per heavy atom. The molecule has 0 saturated carbocycles. The van der Waals surface area contributed by atoms with Gasteiger partial charge in [0.15, 0.2) is 11.5 Å². The number of anilines is 1. The lowest BCUT2D eigenvalue weighted by Crippen LogP contribution is -2.40. The van der Waals surface area contributed by atoms with Gasteiger partial charge in [-0.05, 0) is 29.8 Å². The van der Waals surface area contributed by atoms with Crippen LogP contribution in [0.1, 0.15) is 5.56 Å². The third-order valence-corrected chi connectivity index (χ3v) is 5.13. The highest BCUT2D eigenvalue weighted by Crippen LogP contribution is 2.36. The monoisotopic (exact) mass is 396 g/mol. The molecule has 0 radical (unpaired) electrons. The topological polar surface area (TPSA) is 84.9 Å². The summed E-state index contributed by atoms with van der Waals surface area (Å²) < 4.78 is 35.8. The van der Waals surface area contributed by atoms with Crippen molar-refractivity contribution in [1.29, 1.82) is 0 Å². The molecule has 1 N–H and O–H groups in total. The van der Waals surface area contributed by atoms with Gasteiger partial charge in [0.1, 0.15) is 6.54 Å². The molecule has 0 unspecified atom stereocenters. The average Bonchev–Trinajstić information content (AvgIpc) is 3.06. The van der Waals surface area contributed by atoms with Gasteiger partial charge in [0.25, 0.3) is 0 Å². The first kappa shape index (κ1) is 18.3. The van der Waals surface area contributed by atoms with Crippen molar-refractivity contribution >= 4 is 33.2 Å². The lowest BCUT2D eigenvalue weighted by atomic mass is 10.2. The van der Waals surface area contributed by atoms with Crippen LogP contribution in [0.5, 0.6) is 11.5 Å². The number of halogens is 1. The molecule has 1 heterocycles. The molecule has 0 spiro atoms. The van der Waals surface area contributed by atoms with Crippen molar-refractivity contribution in [2.45, 2.75) is 6.54 Å². The van der Waals surface area contributed by atoms with Gasteiger partial charge in [0.05, 0.1) is 11.9 Å². The number of hydrogen-bond acceptors (Lipinski definition) is 5. The Morgan fingerprint density at radius 1 is 1.15 bits per heavy atom. The molecule has 26 heavy (non-hydrogen) atoms. The summed E-state index contributed by atoms with van der Waals surface area (Å²) in [5.74, 6) is 0.551. The first-order valence-corrected chi connectivity index (χ1v) is 9.94. The van der Waals surface area contributed by atoms with E-state index in [2.05, 4.69) is 5.32 Å². The predicted molar refractivity (Wildman–Crippen MR) is 98.1 cm³/mol. The lowest BCUT2D eigenvalue weighted by Gasteiger charge is -2.22. The van der Waals surface area contributed by atoms with Crippen molar-refractivity contribution < 1.29 is 22.7 Å². The number of nitrogens with zero attached hydrogens (tertiary/aromatic N) is 1. The van der Waals surface area contributed by atoms with Gasteiger partial charge in [-0.2, -0.15) is 0 Å². The van der Waals surface area contributed by atoms with Crippen LogP contribution in [0.3, 0.4) is 0 Å². The Labute approximate surface area is 156 Å². The minimum atomic E-state index is -3.66. The Balaban J connectivity index is 1.70. The number of rotatable bonds is 6. The van der Waals surface area contributed by atoms with E-state index in [0.717, 1.165) is 16.1 Å². The Bertz CT molecular complexity index is 915. The first-order valence-electron chi connectivity index (χ1n) is 7.71. The van der Waals surface area contributed by atoms with Crippen LogP contribution in [0.2, 0.25) is 5.02 Å². The second kappa shape index (κ2) is 7.43. The minimum absolute atomic E-state index is 0.0826. The molecule has 0 saturated heterocycles. The molecule has 0 aromatic heterocycles. The summed E-state index contributed by atoms with van der Waals surface area (Å²) in [5, 5.41) is 3.30. The second-order valence-electron chi connectivity index (χ2n) is 5.71. The molecule has 9 heteroatoms. The van der Waals surface area contributed by atoms with Crippen molar-refractivity contribution in [1.82, 2.24) is 5.32 Å². The molecule has 138 valence electrons.